The highest BCUT2D eigenvalue weighted by atomic mass is 19.1. The van der Waals surface area contributed by atoms with Gasteiger partial charge in [-0.05, 0) is 43.5 Å². The van der Waals surface area contributed by atoms with Gasteiger partial charge in [-0.15, -0.1) is 0 Å². The number of nitrogens with zero attached hydrogens (tertiary/aromatic N) is 1. The number of hydrogen-bond acceptors (Lipinski definition) is 4. The molecule has 2 aliphatic rings. The summed E-state index contributed by atoms with van der Waals surface area (Å²) in [5.41, 5.74) is 0.449. The number of urea groups is 1. The number of anilines is 1. The second-order valence-electron chi connectivity index (χ2n) is 7.06. The average molecular weight is 391 g/mol. The maximum atomic E-state index is 12.9. The highest BCUT2D eigenvalue weighted by Crippen LogP contribution is 2.18. The van der Waals surface area contributed by atoms with E-state index in [-0.39, 0.29) is 24.8 Å². The summed E-state index contributed by atoms with van der Waals surface area (Å²) in [6.45, 7) is 1.28. The van der Waals surface area contributed by atoms with Gasteiger partial charge < -0.3 is 25.4 Å². The SMILES string of the molecule is O=C(Nc1ccc(F)cc1)N[C@H]1C=C[C@@H](CC(=O)N2CCCCC2)O[C@@H]1CO. The molecule has 3 rings (SSSR count). The van der Waals surface area contributed by atoms with Crippen molar-refractivity contribution >= 4 is 17.6 Å². The number of carbonyl (C=O) groups excluding carboxylic acids is 2. The van der Waals surface area contributed by atoms with Crippen LogP contribution in [0.3, 0.4) is 0 Å². The molecule has 0 spiro atoms. The molecule has 7 nitrogen and oxygen atoms in total. The van der Waals surface area contributed by atoms with E-state index in [1.54, 1.807) is 12.2 Å². The van der Waals surface area contributed by atoms with Gasteiger partial charge in [0, 0.05) is 18.8 Å². The Morgan fingerprint density at radius 2 is 1.86 bits per heavy atom. The summed E-state index contributed by atoms with van der Waals surface area (Å²) in [7, 11) is 0. The van der Waals surface area contributed by atoms with Crippen molar-refractivity contribution in [2.75, 3.05) is 25.0 Å². The lowest BCUT2D eigenvalue weighted by atomic mass is 10.0. The van der Waals surface area contributed by atoms with Crippen molar-refractivity contribution in [2.24, 2.45) is 0 Å². The van der Waals surface area contributed by atoms with E-state index in [4.69, 9.17) is 4.74 Å². The number of halogens is 1. The Bertz CT molecular complexity index is 704. The molecule has 2 aliphatic heterocycles. The maximum absolute atomic E-state index is 12.9. The summed E-state index contributed by atoms with van der Waals surface area (Å²) in [6, 6.07) is 4.37. The zero-order valence-electron chi connectivity index (χ0n) is 15.6. The van der Waals surface area contributed by atoms with Gasteiger partial charge in [0.15, 0.2) is 0 Å². The molecule has 0 aliphatic carbocycles. The van der Waals surface area contributed by atoms with Gasteiger partial charge in [0.25, 0.3) is 0 Å². The zero-order valence-corrected chi connectivity index (χ0v) is 15.6. The van der Waals surface area contributed by atoms with Gasteiger partial charge in [0.1, 0.15) is 11.9 Å². The van der Waals surface area contributed by atoms with E-state index < -0.39 is 24.3 Å². The maximum Gasteiger partial charge on any atom is 0.319 e. The summed E-state index contributed by atoms with van der Waals surface area (Å²) in [4.78, 5) is 26.4. The highest BCUT2D eigenvalue weighted by Gasteiger charge is 2.30. The van der Waals surface area contributed by atoms with Crippen LogP contribution in [0.2, 0.25) is 0 Å². The lowest BCUT2D eigenvalue weighted by molar-refractivity contribution is -0.136. The number of rotatable bonds is 5. The van der Waals surface area contributed by atoms with Gasteiger partial charge in [-0.2, -0.15) is 0 Å². The van der Waals surface area contributed by atoms with Crippen molar-refractivity contribution in [3.63, 3.8) is 0 Å². The Morgan fingerprint density at radius 1 is 1.14 bits per heavy atom. The van der Waals surface area contributed by atoms with Gasteiger partial charge >= 0.3 is 6.03 Å². The van der Waals surface area contributed by atoms with Crippen LogP contribution in [0.15, 0.2) is 36.4 Å². The van der Waals surface area contributed by atoms with Crippen LogP contribution in [-0.4, -0.2) is 59.9 Å². The molecule has 3 amide bonds. The molecule has 1 aromatic carbocycles. The second-order valence-corrected chi connectivity index (χ2v) is 7.06. The third kappa shape index (κ3) is 5.53. The number of carbonyl (C=O) groups is 2. The third-order valence-corrected chi connectivity index (χ3v) is 4.95. The zero-order chi connectivity index (χ0) is 19.9. The van der Waals surface area contributed by atoms with Crippen molar-refractivity contribution in [1.82, 2.24) is 10.2 Å². The monoisotopic (exact) mass is 391 g/mol. The largest absolute Gasteiger partial charge is 0.394 e. The Balaban J connectivity index is 1.52. The molecule has 3 atom stereocenters. The predicted molar refractivity (Wildman–Crippen MR) is 102 cm³/mol. The normalized spacial score (nSPS) is 24.6. The fourth-order valence-electron chi connectivity index (χ4n) is 3.43. The van der Waals surface area contributed by atoms with E-state index in [0.29, 0.717) is 5.69 Å². The minimum Gasteiger partial charge on any atom is -0.394 e. The topological polar surface area (TPSA) is 90.9 Å². The van der Waals surface area contributed by atoms with Crippen LogP contribution in [-0.2, 0) is 9.53 Å². The van der Waals surface area contributed by atoms with Crippen LogP contribution in [0.5, 0.6) is 0 Å². The Kier molecular flexibility index (Phi) is 7.00. The minimum absolute atomic E-state index is 0.0477. The summed E-state index contributed by atoms with van der Waals surface area (Å²) in [5.74, 6) is -0.341. The van der Waals surface area contributed by atoms with Crippen LogP contribution in [0.25, 0.3) is 0 Å². The third-order valence-electron chi connectivity index (χ3n) is 4.95. The fraction of sp³-hybridized carbons (Fsp3) is 0.500. The van der Waals surface area contributed by atoms with Crippen molar-refractivity contribution in [3.05, 3.63) is 42.2 Å². The van der Waals surface area contributed by atoms with Crippen LogP contribution < -0.4 is 10.6 Å². The number of likely N-dealkylation sites (tertiary alicyclic amines) is 1. The van der Waals surface area contributed by atoms with Crippen LogP contribution >= 0.6 is 0 Å². The number of ether oxygens (including phenoxy) is 1. The molecule has 3 N–H and O–H groups in total. The van der Waals surface area contributed by atoms with Crippen molar-refractivity contribution < 1.29 is 23.8 Å². The summed E-state index contributed by atoms with van der Waals surface area (Å²) < 4.78 is 18.7. The first-order valence-corrected chi connectivity index (χ1v) is 9.60. The van der Waals surface area contributed by atoms with E-state index in [1.165, 1.54) is 24.3 Å². The van der Waals surface area contributed by atoms with Crippen LogP contribution in [0.4, 0.5) is 14.9 Å². The lowest BCUT2D eigenvalue weighted by Crippen LogP contribution is -2.50. The van der Waals surface area contributed by atoms with Gasteiger partial charge in [-0.1, -0.05) is 12.2 Å². The standard InChI is InChI=1S/C20H26FN3O4/c21-14-4-6-15(7-5-14)22-20(27)23-17-9-8-16(28-18(17)13-25)12-19(26)24-10-2-1-3-11-24/h4-9,16-18,25H,1-3,10-13H2,(H2,22,23,27)/t16-,17-,18+/m0/s1. The fourth-order valence-corrected chi connectivity index (χ4v) is 3.43. The summed E-state index contributed by atoms with van der Waals surface area (Å²) in [5, 5.41) is 14.9. The van der Waals surface area contributed by atoms with E-state index in [0.717, 1.165) is 32.4 Å². The number of aliphatic hydroxyl groups excluding tert-OH is 1. The lowest BCUT2D eigenvalue weighted by Gasteiger charge is -2.33. The van der Waals surface area contributed by atoms with E-state index in [1.807, 2.05) is 4.90 Å². The molecule has 0 unspecified atom stereocenters. The number of hydrogen-bond donors (Lipinski definition) is 3. The molecule has 2 heterocycles. The predicted octanol–water partition coefficient (Wildman–Crippen LogP) is 2.03. The smallest absolute Gasteiger partial charge is 0.319 e. The average Bonchev–Trinajstić information content (AvgIpc) is 2.71. The van der Waals surface area contributed by atoms with Gasteiger partial charge in [0.2, 0.25) is 5.91 Å². The highest BCUT2D eigenvalue weighted by molar-refractivity contribution is 5.89. The Labute approximate surface area is 163 Å². The molecule has 1 fully saturated rings. The van der Waals surface area contributed by atoms with Gasteiger partial charge in [-0.25, -0.2) is 9.18 Å². The van der Waals surface area contributed by atoms with Crippen molar-refractivity contribution in [3.8, 4) is 0 Å². The number of nitrogens with one attached hydrogen (secondary N) is 2. The van der Waals surface area contributed by atoms with E-state index in [2.05, 4.69) is 10.6 Å². The molecular formula is C20H26FN3O4. The van der Waals surface area contributed by atoms with Crippen molar-refractivity contribution in [1.29, 1.82) is 0 Å². The molecule has 0 saturated carbocycles. The van der Waals surface area contributed by atoms with Gasteiger partial charge in [0.05, 0.1) is 25.2 Å². The molecule has 8 heteroatoms. The molecule has 1 aromatic rings. The van der Waals surface area contributed by atoms with Crippen LogP contribution in [0, 0.1) is 5.82 Å². The summed E-state index contributed by atoms with van der Waals surface area (Å²) in [6.07, 6.45) is 5.85. The van der Waals surface area contributed by atoms with Gasteiger partial charge in [-0.3, -0.25) is 4.79 Å². The molecule has 0 bridgehead atoms. The Hall–Kier alpha value is -2.45. The molecule has 1 saturated heterocycles. The minimum atomic E-state index is -0.650. The quantitative estimate of drug-likeness (QED) is 0.670. The van der Waals surface area contributed by atoms with Crippen molar-refractivity contribution in [2.45, 2.75) is 43.9 Å². The Morgan fingerprint density at radius 3 is 2.54 bits per heavy atom. The second kappa shape index (κ2) is 9.66. The number of benzene rings is 1. The van der Waals surface area contributed by atoms with Crippen LogP contribution in [0.1, 0.15) is 25.7 Å². The molecule has 0 radical (unpaired) electrons. The number of piperidine rings is 1. The summed E-state index contributed by atoms with van der Waals surface area (Å²) >= 11 is 0. The van der Waals surface area contributed by atoms with E-state index >= 15 is 0 Å². The number of amides is 3. The molecular weight excluding hydrogens is 365 g/mol. The first kappa shape index (κ1) is 20.3. The van der Waals surface area contributed by atoms with E-state index in [9.17, 15) is 19.1 Å². The first-order chi connectivity index (χ1) is 13.5. The first-order valence-electron chi connectivity index (χ1n) is 9.60. The molecule has 0 aromatic heterocycles. The number of aliphatic hydroxyl groups is 1. The molecule has 152 valence electrons. The molecule has 28 heavy (non-hydrogen) atoms.